The Morgan fingerprint density at radius 1 is 1.53 bits per heavy atom. The maximum absolute atomic E-state index is 9.39. The molecule has 106 valence electrons. The van der Waals surface area contributed by atoms with Crippen LogP contribution in [-0.4, -0.2) is 49.4 Å². The number of hydrogen-bond donors (Lipinski definition) is 3. The van der Waals surface area contributed by atoms with Gasteiger partial charge >= 0.3 is 0 Å². The molecule has 2 heterocycles. The number of likely N-dealkylation sites (N-methyl/N-ethyl adjacent to an activating group) is 1. The van der Waals surface area contributed by atoms with Crippen LogP contribution in [0.3, 0.4) is 0 Å². The van der Waals surface area contributed by atoms with Crippen LogP contribution in [0.4, 0.5) is 17.3 Å². The van der Waals surface area contributed by atoms with Crippen LogP contribution >= 0.6 is 0 Å². The summed E-state index contributed by atoms with van der Waals surface area (Å²) in [6.07, 6.45) is 2.10. The van der Waals surface area contributed by atoms with Gasteiger partial charge in [0.2, 0.25) is 0 Å². The minimum Gasteiger partial charge on any atom is -0.396 e. The van der Waals surface area contributed by atoms with Crippen LogP contribution in [0.15, 0.2) is 12.1 Å². The largest absolute Gasteiger partial charge is 0.396 e. The Hall–Kier alpha value is -1.53. The first-order chi connectivity index (χ1) is 9.17. The smallest absolute Gasteiger partial charge is 0.154 e. The lowest BCUT2D eigenvalue weighted by Crippen LogP contribution is -2.33. The molecule has 2 rings (SSSR count). The number of nitrogens with zero attached hydrogens (tertiary/aromatic N) is 3. The summed E-state index contributed by atoms with van der Waals surface area (Å²) in [5.74, 6) is 1.64. The topological polar surface area (TPSA) is 91.6 Å². The third kappa shape index (κ3) is 2.90. The molecular formula is C13H23N5O. The number of aliphatic hydroxyl groups excluding tert-OH is 1. The Morgan fingerprint density at radius 3 is 3.00 bits per heavy atom. The monoisotopic (exact) mass is 265 g/mol. The molecule has 19 heavy (non-hydrogen) atoms. The van der Waals surface area contributed by atoms with E-state index in [0.717, 1.165) is 31.0 Å². The van der Waals surface area contributed by atoms with E-state index in [2.05, 4.69) is 9.88 Å². The fourth-order valence-electron chi connectivity index (χ4n) is 2.54. The zero-order valence-electron chi connectivity index (χ0n) is 11.4. The number of nitrogen functional groups attached to an aromatic ring is 1. The number of rotatable bonds is 5. The van der Waals surface area contributed by atoms with Crippen molar-refractivity contribution in [2.45, 2.75) is 18.9 Å². The molecule has 1 fully saturated rings. The van der Waals surface area contributed by atoms with Gasteiger partial charge in [0.15, 0.2) is 5.82 Å². The molecule has 1 saturated heterocycles. The third-order valence-corrected chi connectivity index (χ3v) is 3.60. The van der Waals surface area contributed by atoms with Gasteiger partial charge in [-0.1, -0.05) is 0 Å². The molecule has 6 heteroatoms. The minimum absolute atomic E-state index is 0.167. The van der Waals surface area contributed by atoms with Crippen molar-refractivity contribution in [1.82, 2.24) is 4.98 Å². The average molecular weight is 265 g/mol. The highest BCUT2D eigenvalue weighted by Gasteiger charge is 2.25. The standard InChI is InChI=1S/C13H23N5O/c1-17(8-6-14)13-11(15)4-5-12(16-13)18-7-2-3-10(18)9-19/h4-5,10,19H,2-3,6-9,14-15H2,1H3. The van der Waals surface area contributed by atoms with Gasteiger partial charge in [-0.25, -0.2) is 4.98 Å². The van der Waals surface area contributed by atoms with Crippen molar-refractivity contribution in [1.29, 1.82) is 0 Å². The maximum Gasteiger partial charge on any atom is 0.154 e. The van der Waals surface area contributed by atoms with Gasteiger partial charge in [0.25, 0.3) is 0 Å². The van der Waals surface area contributed by atoms with Gasteiger partial charge < -0.3 is 26.4 Å². The van der Waals surface area contributed by atoms with E-state index in [1.54, 1.807) is 0 Å². The fraction of sp³-hybridized carbons (Fsp3) is 0.615. The zero-order valence-corrected chi connectivity index (χ0v) is 11.4. The first-order valence-electron chi connectivity index (χ1n) is 6.72. The molecule has 0 spiro atoms. The van der Waals surface area contributed by atoms with Gasteiger partial charge in [0.1, 0.15) is 5.82 Å². The molecule has 6 nitrogen and oxygen atoms in total. The number of aliphatic hydroxyl groups is 1. The molecule has 0 aliphatic carbocycles. The van der Waals surface area contributed by atoms with E-state index in [1.807, 2.05) is 24.1 Å². The molecule has 1 aromatic rings. The minimum atomic E-state index is 0.167. The molecule has 1 aromatic heterocycles. The lowest BCUT2D eigenvalue weighted by Gasteiger charge is -2.26. The van der Waals surface area contributed by atoms with E-state index < -0.39 is 0 Å². The first kappa shape index (κ1) is 13.9. The second-order valence-electron chi connectivity index (χ2n) is 4.96. The van der Waals surface area contributed by atoms with Crippen molar-refractivity contribution < 1.29 is 5.11 Å². The van der Waals surface area contributed by atoms with E-state index in [0.29, 0.717) is 18.8 Å². The van der Waals surface area contributed by atoms with Crippen LogP contribution in [0.5, 0.6) is 0 Å². The Morgan fingerprint density at radius 2 is 2.32 bits per heavy atom. The lowest BCUT2D eigenvalue weighted by atomic mass is 10.2. The number of anilines is 3. The molecule has 0 saturated carbocycles. The average Bonchev–Trinajstić information content (AvgIpc) is 2.88. The summed E-state index contributed by atoms with van der Waals surface area (Å²) in [7, 11) is 1.93. The molecule has 1 atom stereocenters. The Bertz CT molecular complexity index is 425. The summed E-state index contributed by atoms with van der Waals surface area (Å²) in [4.78, 5) is 8.74. The van der Waals surface area contributed by atoms with Crippen LogP contribution < -0.4 is 21.3 Å². The molecule has 0 aromatic carbocycles. The highest BCUT2D eigenvalue weighted by Crippen LogP contribution is 2.28. The van der Waals surface area contributed by atoms with Gasteiger partial charge in [0, 0.05) is 26.7 Å². The molecule has 1 unspecified atom stereocenters. The quantitative estimate of drug-likeness (QED) is 0.695. The molecule has 5 N–H and O–H groups in total. The summed E-state index contributed by atoms with van der Waals surface area (Å²) in [6.45, 7) is 2.37. The molecule has 1 aliphatic rings. The summed E-state index contributed by atoms with van der Waals surface area (Å²) in [5.41, 5.74) is 12.2. The summed E-state index contributed by atoms with van der Waals surface area (Å²) < 4.78 is 0. The first-order valence-corrected chi connectivity index (χ1v) is 6.72. The summed E-state index contributed by atoms with van der Waals surface area (Å²) in [6, 6.07) is 3.96. The van der Waals surface area contributed by atoms with Crippen molar-refractivity contribution in [3.63, 3.8) is 0 Å². The van der Waals surface area contributed by atoms with Crippen molar-refractivity contribution in [2.24, 2.45) is 5.73 Å². The van der Waals surface area contributed by atoms with Gasteiger partial charge in [-0.15, -0.1) is 0 Å². The van der Waals surface area contributed by atoms with E-state index in [4.69, 9.17) is 11.5 Å². The Balaban J connectivity index is 2.25. The van der Waals surface area contributed by atoms with E-state index in [9.17, 15) is 5.11 Å². The number of hydrogen-bond acceptors (Lipinski definition) is 6. The van der Waals surface area contributed by atoms with Gasteiger partial charge in [-0.2, -0.15) is 0 Å². The van der Waals surface area contributed by atoms with E-state index in [1.165, 1.54) is 0 Å². The van der Waals surface area contributed by atoms with Crippen molar-refractivity contribution in [3.8, 4) is 0 Å². The number of nitrogens with two attached hydrogens (primary N) is 2. The van der Waals surface area contributed by atoms with Crippen LogP contribution in [0.2, 0.25) is 0 Å². The third-order valence-electron chi connectivity index (χ3n) is 3.60. The maximum atomic E-state index is 9.39. The molecule has 0 bridgehead atoms. The molecule has 0 amide bonds. The SMILES string of the molecule is CN(CCN)c1nc(N2CCCC2CO)ccc1N. The van der Waals surface area contributed by atoms with Crippen LogP contribution in [0.25, 0.3) is 0 Å². The predicted molar refractivity (Wildman–Crippen MR) is 78.4 cm³/mol. The summed E-state index contributed by atoms with van der Waals surface area (Å²) in [5, 5.41) is 9.39. The lowest BCUT2D eigenvalue weighted by molar-refractivity contribution is 0.266. The highest BCUT2D eigenvalue weighted by molar-refractivity contribution is 5.66. The predicted octanol–water partition coefficient (Wildman–Crippen LogP) is 0.0198. The van der Waals surface area contributed by atoms with Gasteiger partial charge in [-0.05, 0) is 25.0 Å². The van der Waals surface area contributed by atoms with Crippen LogP contribution in [-0.2, 0) is 0 Å². The van der Waals surface area contributed by atoms with Gasteiger partial charge in [0.05, 0.1) is 18.3 Å². The highest BCUT2D eigenvalue weighted by atomic mass is 16.3. The van der Waals surface area contributed by atoms with Crippen molar-refractivity contribution in [2.75, 3.05) is 48.8 Å². The zero-order chi connectivity index (χ0) is 13.8. The molecule has 1 aliphatic heterocycles. The van der Waals surface area contributed by atoms with Gasteiger partial charge in [-0.3, -0.25) is 0 Å². The van der Waals surface area contributed by atoms with E-state index >= 15 is 0 Å². The Kier molecular flexibility index (Phi) is 4.44. The normalized spacial score (nSPS) is 18.9. The van der Waals surface area contributed by atoms with Crippen LogP contribution in [0.1, 0.15) is 12.8 Å². The van der Waals surface area contributed by atoms with Crippen molar-refractivity contribution >= 4 is 17.3 Å². The van der Waals surface area contributed by atoms with E-state index in [-0.39, 0.29) is 12.6 Å². The molecule has 0 radical (unpaired) electrons. The number of pyridine rings is 1. The van der Waals surface area contributed by atoms with Crippen molar-refractivity contribution in [3.05, 3.63) is 12.1 Å². The second kappa shape index (κ2) is 6.08. The number of aromatic nitrogens is 1. The van der Waals surface area contributed by atoms with Crippen LogP contribution in [0, 0.1) is 0 Å². The summed E-state index contributed by atoms with van der Waals surface area (Å²) >= 11 is 0. The Labute approximate surface area is 114 Å². The fourth-order valence-corrected chi connectivity index (χ4v) is 2.54. The second-order valence-corrected chi connectivity index (χ2v) is 4.96. The molecular weight excluding hydrogens is 242 g/mol.